The van der Waals surface area contributed by atoms with Gasteiger partial charge in [-0.2, -0.15) is 5.10 Å². The van der Waals surface area contributed by atoms with E-state index < -0.39 is 0 Å². The van der Waals surface area contributed by atoms with Gasteiger partial charge in [-0.15, -0.1) is 11.3 Å². The van der Waals surface area contributed by atoms with Crippen molar-refractivity contribution >= 4 is 23.6 Å². The highest BCUT2D eigenvalue weighted by Gasteiger charge is 2.12. The first kappa shape index (κ1) is 13.4. The Morgan fingerprint density at radius 3 is 2.94 bits per heavy atom. The minimum absolute atomic E-state index is 0.675. The van der Waals surface area contributed by atoms with Crippen LogP contribution in [0.3, 0.4) is 0 Å². The molecule has 7 heteroatoms. The summed E-state index contributed by atoms with van der Waals surface area (Å²) < 4.78 is 2.71. The Labute approximate surface area is 115 Å². The quantitative estimate of drug-likeness (QED) is 0.857. The maximum absolute atomic E-state index is 5.24. The van der Waals surface area contributed by atoms with E-state index in [0.29, 0.717) is 4.77 Å². The largest absolute Gasteiger partial charge is 0.303 e. The molecule has 0 aromatic carbocycles. The van der Waals surface area contributed by atoms with Gasteiger partial charge in [-0.05, 0) is 32.7 Å². The number of hydrogen-bond acceptors (Lipinski definition) is 5. The summed E-state index contributed by atoms with van der Waals surface area (Å²) in [6, 6.07) is 0. The Kier molecular flexibility index (Phi) is 4.26. The van der Waals surface area contributed by atoms with Crippen LogP contribution in [0.4, 0.5) is 0 Å². The highest BCUT2D eigenvalue weighted by Crippen LogP contribution is 2.25. The van der Waals surface area contributed by atoms with Crippen molar-refractivity contribution in [2.24, 2.45) is 0 Å². The third-order valence-corrected chi connectivity index (χ3v) is 3.72. The molecule has 1 N–H and O–H groups in total. The van der Waals surface area contributed by atoms with Crippen LogP contribution in [-0.4, -0.2) is 38.7 Å². The van der Waals surface area contributed by atoms with Gasteiger partial charge in [-0.1, -0.05) is 6.92 Å². The Hall–Kier alpha value is -1.05. The van der Waals surface area contributed by atoms with Gasteiger partial charge in [0.1, 0.15) is 5.01 Å². The van der Waals surface area contributed by atoms with Crippen LogP contribution >= 0.6 is 23.6 Å². The fourth-order valence-electron chi connectivity index (χ4n) is 1.69. The summed E-state index contributed by atoms with van der Waals surface area (Å²) in [7, 11) is 4.07. The van der Waals surface area contributed by atoms with Crippen LogP contribution in [0, 0.1) is 4.77 Å². The van der Waals surface area contributed by atoms with Crippen molar-refractivity contribution in [2.45, 2.75) is 26.4 Å². The van der Waals surface area contributed by atoms with Gasteiger partial charge < -0.3 is 4.90 Å². The number of hydrogen-bond donors (Lipinski definition) is 1. The number of nitrogens with one attached hydrogen (secondary N) is 1. The molecule has 0 radical (unpaired) electrons. The topological polar surface area (TPSA) is 49.7 Å². The summed E-state index contributed by atoms with van der Waals surface area (Å²) >= 11 is 6.90. The lowest BCUT2D eigenvalue weighted by Crippen LogP contribution is -2.09. The van der Waals surface area contributed by atoms with Gasteiger partial charge in [-0.25, -0.2) is 4.98 Å². The van der Waals surface area contributed by atoms with Gasteiger partial charge in [0.15, 0.2) is 10.6 Å². The number of H-pyrrole nitrogens is 1. The van der Waals surface area contributed by atoms with Gasteiger partial charge in [0.25, 0.3) is 0 Å². The Balaban J connectivity index is 2.31. The molecule has 0 aliphatic heterocycles. The molecule has 0 spiro atoms. The number of aromatic amines is 1. The molecule has 18 heavy (non-hydrogen) atoms. The van der Waals surface area contributed by atoms with Crippen LogP contribution in [0.1, 0.15) is 18.4 Å². The van der Waals surface area contributed by atoms with E-state index in [2.05, 4.69) is 27.0 Å². The molecule has 2 heterocycles. The standard InChI is InChI=1S/C11H17N5S2/c1-4-5-16-10(13-14-11(16)17)8-6-12-9(18-8)7-15(2)3/h6H,4-5,7H2,1-3H3,(H,14,17). The van der Waals surface area contributed by atoms with E-state index >= 15 is 0 Å². The molecule has 0 fully saturated rings. The molecule has 2 aromatic rings. The molecule has 0 amide bonds. The molecular weight excluding hydrogens is 266 g/mol. The van der Waals surface area contributed by atoms with E-state index in [-0.39, 0.29) is 0 Å². The summed E-state index contributed by atoms with van der Waals surface area (Å²) in [6.45, 7) is 3.86. The fraction of sp³-hybridized carbons (Fsp3) is 0.545. The van der Waals surface area contributed by atoms with Crippen molar-refractivity contribution in [3.8, 4) is 10.7 Å². The second-order valence-corrected chi connectivity index (χ2v) is 5.86. The summed E-state index contributed by atoms with van der Waals surface area (Å²) in [5, 5.41) is 8.24. The molecule has 0 saturated carbocycles. The lowest BCUT2D eigenvalue weighted by Gasteiger charge is -2.05. The molecular formula is C11H17N5S2. The Bertz CT molecular complexity index is 566. The number of rotatable bonds is 5. The molecule has 0 aliphatic carbocycles. The highest BCUT2D eigenvalue weighted by atomic mass is 32.1. The predicted molar refractivity (Wildman–Crippen MR) is 76.2 cm³/mol. The monoisotopic (exact) mass is 283 g/mol. The number of nitrogens with zero attached hydrogens (tertiary/aromatic N) is 4. The summed E-state index contributed by atoms with van der Waals surface area (Å²) in [4.78, 5) is 7.58. The maximum atomic E-state index is 5.24. The Morgan fingerprint density at radius 2 is 2.28 bits per heavy atom. The van der Waals surface area contributed by atoms with E-state index in [9.17, 15) is 0 Å². The molecule has 5 nitrogen and oxygen atoms in total. The number of thiazole rings is 1. The zero-order chi connectivity index (χ0) is 13.1. The first-order chi connectivity index (χ1) is 8.61. The fourth-order valence-corrected chi connectivity index (χ4v) is 2.95. The zero-order valence-electron chi connectivity index (χ0n) is 10.8. The number of aromatic nitrogens is 4. The van der Waals surface area contributed by atoms with Gasteiger partial charge in [0.05, 0.1) is 4.88 Å². The van der Waals surface area contributed by atoms with E-state index in [0.717, 1.165) is 35.2 Å². The molecule has 0 unspecified atom stereocenters. The molecule has 2 rings (SSSR count). The van der Waals surface area contributed by atoms with Crippen molar-refractivity contribution in [1.29, 1.82) is 0 Å². The van der Waals surface area contributed by atoms with E-state index in [1.165, 1.54) is 0 Å². The van der Waals surface area contributed by atoms with E-state index in [4.69, 9.17) is 12.2 Å². The van der Waals surface area contributed by atoms with Gasteiger partial charge in [-0.3, -0.25) is 9.67 Å². The SMILES string of the molecule is CCCn1c(-c2cnc(CN(C)C)s2)n[nH]c1=S. The minimum atomic E-state index is 0.675. The van der Waals surface area contributed by atoms with E-state index in [1.807, 2.05) is 24.9 Å². The molecule has 98 valence electrons. The van der Waals surface area contributed by atoms with Crippen molar-refractivity contribution in [3.05, 3.63) is 16.0 Å². The molecule has 0 saturated heterocycles. The second-order valence-electron chi connectivity index (χ2n) is 4.36. The smallest absolute Gasteiger partial charge is 0.195 e. The average molecular weight is 283 g/mol. The predicted octanol–water partition coefficient (Wildman–Crippen LogP) is 2.54. The molecule has 0 bridgehead atoms. The maximum Gasteiger partial charge on any atom is 0.195 e. The molecule has 0 atom stereocenters. The molecule has 0 aliphatic rings. The minimum Gasteiger partial charge on any atom is -0.303 e. The van der Waals surface area contributed by atoms with Crippen molar-refractivity contribution in [1.82, 2.24) is 24.6 Å². The van der Waals surface area contributed by atoms with Crippen LogP contribution in [0.5, 0.6) is 0 Å². The van der Waals surface area contributed by atoms with Crippen LogP contribution in [0.25, 0.3) is 10.7 Å². The normalized spacial score (nSPS) is 11.3. The van der Waals surface area contributed by atoms with Gasteiger partial charge >= 0.3 is 0 Å². The second kappa shape index (κ2) is 5.73. The lowest BCUT2D eigenvalue weighted by molar-refractivity contribution is 0.401. The van der Waals surface area contributed by atoms with E-state index in [1.54, 1.807) is 11.3 Å². The third-order valence-electron chi connectivity index (χ3n) is 2.43. The summed E-state index contributed by atoms with van der Waals surface area (Å²) in [5.41, 5.74) is 0. The van der Waals surface area contributed by atoms with Gasteiger partial charge in [0, 0.05) is 19.3 Å². The summed E-state index contributed by atoms with van der Waals surface area (Å²) in [6.07, 6.45) is 2.91. The van der Waals surface area contributed by atoms with Crippen LogP contribution < -0.4 is 0 Å². The third kappa shape index (κ3) is 2.85. The van der Waals surface area contributed by atoms with Crippen molar-refractivity contribution in [2.75, 3.05) is 14.1 Å². The zero-order valence-corrected chi connectivity index (χ0v) is 12.4. The molecule has 2 aromatic heterocycles. The summed E-state index contributed by atoms with van der Waals surface area (Å²) in [5.74, 6) is 0.893. The van der Waals surface area contributed by atoms with Crippen LogP contribution in [0.15, 0.2) is 6.20 Å². The lowest BCUT2D eigenvalue weighted by atomic mass is 10.4. The Morgan fingerprint density at radius 1 is 1.50 bits per heavy atom. The van der Waals surface area contributed by atoms with Crippen molar-refractivity contribution < 1.29 is 0 Å². The first-order valence-electron chi connectivity index (χ1n) is 5.86. The van der Waals surface area contributed by atoms with Crippen LogP contribution in [0.2, 0.25) is 0 Å². The first-order valence-corrected chi connectivity index (χ1v) is 7.09. The van der Waals surface area contributed by atoms with Crippen LogP contribution in [-0.2, 0) is 13.1 Å². The highest BCUT2D eigenvalue weighted by molar-refractivity contribution is 7.71. The van der Waals surface area contributed by atoms with Crippen molar-refractivity contribution in [3.63, 3.8) is 0 Å². The average Bonchev–Trinajstić information content (AvgIpc) is 2.87. The van der Waals surface area contributed by atoms with Gasteiger partial charge in [0.2, 0.25) is 0 Å².